The number of morpholine rings is 1. The number of hydrogen-bond acceptors (Lipinski definition) is 8. The van der Waals surface area contributed by atoms with Crippen LogP contribution in [0, 0.1) is 6.92 Å². The van der Waals surface area contributed by atoms with Gasteiger partial charge in [-0.3, -0.25) is 14.8 Å². The van der Waals surface area contributed by atoms with Gasteiger partial charge in [-0.1, -0.05) is 5.10 Å². The van der Waals surface area contributed by atoms with Gasteiger partial charge in [-0.25, -0.2) is 8.42 Å². The van der Waals surface area contributed by atoms with E-state index in [2.05, 4.69) is 20.6 Å². The molecule has 0 spiro atoms. The maximum Gasteiger partial charge on any atom is 0.322 e. The maximum atomic E-state index is 12.7. The minimum Gasteiger partial charge on any atom is -0.401 e. The number of amides is 1. The summed E-state index contributed by atoms with van der Waals surface area (Å²) in [6.45, 7) is 3.18. The van der Waals surface area contributed by atoms with Crippen molar-refractivity contribution < 1.29 is 22.4 Å². The third kappa shape index (κ3) is 3.97. The van der Waals surface area contributed by atoms with Gasteiger partial charge in [-0.15, -0.1) is 5.10 Å². The Morgan fingerprint density at radius 1 is 1.13 bits per heavy atom. The zero-order valence-electron chi connectivity index (χ0n) is 16.4. The number of ether oxygens (including phenoxy) is 1. The van der Waals surface area contributed by atoms with Crippen LogP contribution in [0.25, 0.3) is 11.6 Å². The summed E-state index contributed by atoms with van der Waals surface area (Å²) < 4.78 is 39.0. The molecule has 1 aliphatic heterocycles. The van der Waals surface area contributed by atoms with Crippen LogP contribution < -0.4 is 5.32 Å². The lowest BCUT2D eigenvalue weighted by molar-refractivity contribution is 0.0730. The van der Waals surface area contributed by atoms with Crippen LogP contribution in [0.2, 0.25) is 0 Å². The van der Waals surface area contributed by atoms with Crippen LogP contribution in [0.1, 0.15) is 16.1 Å². The van der Waals surface area contributed by atoms with Gasteiger partial charge in [0.1, 0.15) is 5.69 Å². The first-order chi connectivity index (χ1) is 14.3. The summed E-state index contributed by atoms with van der Waals surface area (Å²) in [4.78, 5) is 12.6. The first-order valence-corrected chi connectivity index (χ1v) is 10.6. The number of aromatic nitrogens is 4. The third-order valence-electron chi connectivity index (χ3n) is 4.59. The molecule has 0 atom stereocenters. The van der Waals surface area contributed by atoms with E-state index in [4.69, 9.17) is 9.15 Å². The highest BCUT2D eigenvalue weighted by molar-refractivity contribution is 7.89. The third-order valence-corrected chi connectivity index (χ3v) is 6.50. The number of carbonyl (C=O) groups excluding carboxylic acids is 1. The summed E-state index contributed by atoms with van der Waals surface area (Å²) in [5, 5.41) is 14.5. The number of sulfonamides is 1. The molecule has 158 valence electrons. The van der Waals surface area contributed by atoms with Crippen molar-refractivity contribution in [2.24, 2.45) is 7.05 Å². The van der Waals surface area contributed by atoms with Crippen molar-refractivity contribution in [2.45, 2.75) is 11.8 Å². The lowest BCUT2D eigenvalue weighted by atomic mass is 10.2. The molecule has 2 aromatic heterocycles. The number of benzene rings is 1. The van der Waals surface area contributed by atoms with E-state index in [1.165, 1.54) is 28.6 Å². The average Bonchev–Trinajstić information content (AvgIpc) is 3.34. The Balaban J connectivity index is 1.46. The zero-order valence-corrected chi connectivity index (χ0v) is 17.2. The number of anilines is 1. The van der Waals surface area contributed by atoms with Crippen LogP contribution in [-0.2, 0) is 21.8 Å². The van der Waals surface area contributed by atoms with E-state index in [-0.39, 0.29) is 22.4 Å². The predicted molar refractivity (Wildman–Crippen MR) is 105 cm³/mol. The summed E-state index contributed by atoms with van der Waals surface area (Å²) in [5.74, 6) is -0.276. The Kier molecular flexibility index (Phi) is 5.37. The second-order valence-corrected chi connectivity index (χ2v) is 8.64. The Morgan fingerprint density at radius 3 is 2.47 bits per heavy atom. The minimum absolute atomic E-state index is 0.0705. The van der Waals surface area contributed by atoms with Crippen LogP contribution in [0.4, 0.5) is 6.01 Å². The first-order valence-electron chi connectivity index (χ1n) is 9.18. The van der Waals surface area contributed by atoms with Crippen molar-refractivity contribution in [2.75, 3.05) is 31.6 Å². The molecule has 1 saturated heterocycles. The van der Waals surface area contributed by atoms with Crippen molar-refractivity contribution in [1.29, 1.82) is 0 Å². The van der Waals surface area contributed by atoms with Gasteiger partial charge in [0, 0.05) is 25.7 Å². The highest BCUT2D eigenvalue weighted by atomic mass is 32.2. The molecule has 4 rings (SSSR count). The molecule has 1 N–H and O–H groups in total. The van der Waals surface area contributed by atoms with E-state index >= 15 is 0 Å². The second kappa shape index (κ2) is 7.97. The molecule has 0 aliphatic carbocycles. The molecule has 0 radical (unpaired) electrons. The van der Waals surface area contributed by atoms with Gasteiger partial charge in [0.25, 0.3) is 11.8 Å². The predicted octanol–water partition coefficient (Wildman–Crippen LogP) is 1.05. The van der Waals surface area contributed by atoms with Crippen LogP contribution >= 0.6 is 0 Å². The van der Waals surface area contributed by atoms with Gasteiger partial charge in [0.2, 0.25) is 10.0 Å². The topological polar surface area (TPSA) is 132 Å². The van der Waals surface area contributed by atoms with E-state index in [0.29, 0.717) is 32.0 Å². The van der Waals surface area contributed by atoms with E-state index in [9.17, 15) is 13.2 Å². The summed E-state index contributed by atoms with van der Waals surface area (Å²) in [6, 6.07) is 7.38. The van der Waals surface area contributed by atoms with E-state index in [1.54, 1.807) is 17.8 Å². The normalized spacial score (nSPS) is 15.3. The van der Waals surface area contributed by atoms with Crippen LogP contribution in [0.15, 0.2) is 39.6 Å². The molecule has 1 amide bonds. The molecular formula is C18H20N6O5S. The van der Waals surface area contributed by atoms with E-state index in [1.807, 2.05) is 6.92 Å². The van der Waals surface area contributed by atoms with Crippen molar-refractivity contribution in [3.63, 3.8) is 0 Å². The summed E-state index contributed by atoms with van der Waals surface area (Å²) in [5.41, 5.74) is 1.67. The molecule has 30 heavy (non-hydrogen) atoms. The Morgan fingerprint density at radius 2 is 1.83 bits per heavy atom. The fraction of sp³-hybridized carbons (Fsp3) is 0.333. The highest BCUT2D eigenvalue weighted by Gasteiger charge is 2.26. The van der Waals surface area contributed by atoms with Gasteiger partial charge in [-0.05, 0) is 37.3 Å². The molecule has 0 unspecified atom stereocenters. The summed E-state index contributed by atoms with van der Waals surface area (Å²) in [6.07, 6.45) is 0. The largest absolute Gasteiger partial charge is 0.401 e. The Bertz CT molecular complexity index is 1160. The van der Waals surface area contributed by atoms with Crippen molar-refractivity contribution in [3.8, 4) is 11.6 Å². The van der Waals surface area contributed by atoms with Gasteiger partial charge < -0.3 is 9.15 Å². The van der Waals surface area contributed by atoms with Crippen molar-refractivity contribution in [1.82, 2.24) is 24.3 Å². The second-order valence-electron chi connectivity index (χ2n) is 6.70. The molecule has 0 saturated carbocycles. The molecular weight excluding hydrogens is 412 g/mol. The van der Waals surface area contributed by atoms with Crippen molar-refractivity contribution >= 4 is 21.9 Å². The molecule has 1 aliphatic rings. The smallest absolute Gasteiger partial charge is 0.322 e. The van der Waals surface area contributed by atoms with Crippen LogP contribution in [0.3, 0.4) is 0 Å². The number of nitrogens with zero attached hydrogens (tertiary/aromatic N) is 5. The van der Waals surface area contributed by atoms with Crippen molar-refractivity contribution in [3.05, 3.63) is 41.6 Å². The number of nitrogens with one attached hydrogen (secondary N) is 1. The number of carbonyl (C=O) groups is 1. The van der Waals surface area contributed by atoms with Crippen LogP contribution in [0.5, 0.6) is 0 Å². The zero-order chi connectivity index (χ0) is 21.3. The lowest BCUT2D eigenvalue weighted by Crippen LogP contribution is -2.40. The molecule has 0 bridgehead atoms. The Hall–Kier alpha value is -3.09. The molecule has 1 fully saturated rings. The SMILES string of the molecule is Cc1cc(-c2nnc(NC(=O)c3ccc(S(=O)(=O)N4CCOCC4)cc3)o2)n(C)n1. The molecule has 3 heterocycles. The van der Waals surface area contributed by atoms with E-state index < -0.39 is 15.9 Å². The number of rotatable bonds is 5. The fourth-order valence-electron chi connectivity index (χ4n) is 3.07. The fourth-order valence-corrected chi connectivity index (χ4v) is 4.48. The van der Waals surface area contributed by atoms with Gasteiger partial charge in [0.15, 0.2) is 0 Å². The maximum absolute atomic E-state index is 12.7. The van der Waals surface area contributed by atoms with Crippen LogP contribution in [-0.4, -0.2) is 64.9 Å². The average molecular weight is 432 g/mol. The highest BCUT2D eigenvalue weighted by Crippen LogP contribution is 2.21. The lowest BCUT2D eigenvalue weighted by Gasteiger charge is -2.26. The molecule has 1 aromatic carbocycles. The number of aryl methyl sites for hydroxylation is 2. The Labute approximate surface area is 172 Å². The molecule has 11 nitrogen and oxygen atoms in total. The quantitative estimate of drug-likeness (QED) is 0.633. The summed E-state index contributed by atoms with van der Waals surface area (Å²) >= 11 is 0. The monoisotopic (exact) mass is 432 g/mol. The van der Waals surface area contributed by atoms with Gasteiger partial charge in [0.05, 0.1) is 23.8 Å². The standard InChI is InChI=1S/C18H20N6O5S/c1-12-11-15(23(2)22-12)17-20-21-18(29-17)19-16(25)13-3-5-14(6-4-13)30(26,27)24-7-9-28-10-8-24/h3-6,11H,7-10H2,1-2H3,(H,19,21,25). The van der Waals surface area contributed by atoms with E-state index in [0.717, 1.165) is 5.69 Å². The molecule has 12 heteroatoms. The minimum atomic E-state index is -3.62. The van der Waals surface area contributed by atoms with Gasteiger partial charge >= 0.3 is 6.01 Å². The molecule has 3 aromatic rings. The summed E-state index contributed by atoms with van der Waals surface area (Å²) in [7, 11) is -1.87. The first kappa shape index (κ1) is 20.2. The number of hydrogen-bond donors (Lipinski definition) is 1. The van der Waals surface area contributed by atoms with Gasteiger partial charge in [-0.2, -0.15) is 9.40 Å².